The molecule has 2 rings (SSSR count). The molecular weight excluding hydrogens is 314 g/mol. The molecule has 0 bridgehead atoms. The van der Waals surface area contributed by atoms with E-state index in [1.807, 2.05) is 0 Å². The lowest BCUT2D eigenvalue weighted by Crippen LogP contribution is -2.10. The summed E-state index contributed by atoms with van der Waals surface area (Å²) in [5.74, 6) is -1.44. The van der Waals surface area contributed by atoms with E-state index in [-0.39, 0.29) is 11.3 Å². The summed E-state index contributed by atoms with van der Waals surface area (Å²) in [6.45, 7) is 0. The van der Waals surface area contributed by atoms with Crippen LogP contribution < -0.4 is 4.18 Å². The molecule has 0 saturated carbocycles. The molecule has 0 aliphatic carbocycles. The van der Waals surface area contributed by atoms with Crippen molar-refractivity contribution in [3.05, 3.63) is 64.2 Å². The Morgan fingerprint density at radius 3 is 2.45 bits per heavy atom. The highest BCUT2D eigenvalue weighted by Crippen LogP contribution is 2.22. The lowest BCUT2D eigenvalue weighted by molar-refractivity contribution is -0.385. The molecule has 0 saturated heterocycles. The summed E-state index contributed by atoms with van der Waals surface area (Å²) < 4.78 is 28.9. The normalized spacial score (nSPS) is 10.9. The van der Waals surface area contributed by atoms with Crippen molar-refractivity contribution < 1.29 is 27.4 Å². The third-order valence-electron chi connectivity index (χ3n) is 2.60. The zero-order valence-electron chi connectivity index (χ0n) is 10.9. The SMILES string of the molecule is O=C(O)c1cccc(OS(=O)(=O)c2cccc([N+](=O)[O-])c2)c1. The molecule has 0 atom stereocenters. The molecule has 0 aliphatic heterocycles. The maximum Gasteiger partial charge on any atom is 0.339 e. The monoisotopic (exact) mass is 323 g/mol. The maximum atomic E-state index is 12.1. The molecule has 22 heavy (non-hydrogen) atoms. The van der Waals surface area contributed by atoms with Gasteiger partial charge in [-0.1, -0.05) is 12.1 Å². The third kappa shape index (κ3) is 3.38. The Kier molecular flexibility index (Phi) is 4.08. The quantitative estimate of drug-likeness (QED) is 0.507. The van der Waals surface area contributed by atoms with Gasteiger partial charge in [-0.05, 0) is 24.3 Å². The molecule has 2 aromatic rings. The number of benzene rings is 2. The van der Waals surface area contributed by atoms with Gasteiger partial charge in [0.15, 0.2) is 0 Å². The van der Waals surface area contributed by atoms with E-state index in [2.05, 4.69) is 0 Å². The summed E-state index contributed by atoms with van der Waals surface area (Å²) in [5, 5.41) is 19.5. The van der Waals surface area contributed by atoms with Gasteiger partial charge in [0.2, 0.25) is 0 Å². The number of nitro benzene ring substituents is 1. The Balaban J connectivity index is 2.35. The minimum absolute atomic E-state index is 0.147. The fraction of sp³-hybridized carbons (Fsp3) is 0. The van der Waals surface area contributed by atoms with Gasteiger partial charge in [-0.25, -0.2) is 4.79 Å². The van der Waals surface area contributed by atoms with Gasteiger partial charge < -0.3 is 9.29 Å². The highest BCUT2D eigenvalue weighted by molar-refractivity contribution is 7.87. The van der Waals surface area contributed by atoms with Crippen LogP contribution in [0.3, 0.4) is 0 Å². The average molecular weight is 323 g/mol. The van der Waals surface area contributed by atoms with Crippen molar-refractivity contribution in [1.82, 2.24) is 0 Å². The molecule has 0 spiro atoms. The van der Waals surface area contributed by atoms with Gasteiger partial charge in [-0.15, -0.1) is 0 Å². The van der Waals surface area contributed by atoms with Crippen molar-refractivity contribution in [3.8, 4) is 5.75 Å². The fourth-order valence-corrected chi connectivity index (χ4v) is 2.57. The molecule has 0 heterocycles. The van der Waals surface area contributed by atoms with E-state index in [1.165, 1.54) is 24.3 Å². The summed E-state index contributed by atoms with van der Waals surface area (Å²) in [6, 6.07) is 9.25. The standard InChI is InChI=1S/C13H9NO7S/c15-13(16)9-3-1-5-11(7-9)21-22(19,20)12-6-2-4-10(8-12)14(17)18/h1-8H,(H,15,16). The lowest BCUT2D eigenvalue weighted by Gasteiger charge is -2.07. The number of aromatic carboxylic acids is 1. The first-order valence-corrected chi connectivity index (χ1v) is 7.23. The molecule has 0 unspecified atom stereocenters. The van der Waals surface area contributed by atoms with Gasteiger partial charge in [0, 0.05) is 12.1 Å². The van der Waals surface area contributed by atoms with E-state index < -0.39 is 31.6 Å². The molecule has 0 aliphatic rings. The predicted octanol–water partition coefficient (Wildman–Crippen LogP) is 2.06. The van der Waals surface area contributed by atoms with E-state index in [9.17, 15) is 23.3 Å². The molecule has 0 radical (unpaired) electrons. The second kappa shape index (κ2) is 5.82. The van der Waals surface area contributed by atoms with Crippen molar-refractivity contribution in [2.45, 2.75) is 4.90 Å². The minimum atomic E-state index is -4.31. The Bertz CT molecular complexity index is 845. The molecule has 0 amide bonds. The number of nitro groups is 1. The molecule has 8 nitrogen and oxygen atoms in total. The number of carboxylic acid groups (broad SMARTS) is 1. The van der Waals surface area contributed by atoms with Crippen molar-refractivity contribution in [3.63, 3.8) is 0 Å². The molecule has 2 aromatic carbocycles. The Labute approximate surface area is 124 Å². The fourth-order valence-electron chi connectivity index (χ4n) is 1.61. The number of hydrogen-bond acceptors (Lipinski definition) is 6. The van der Waals surface area contributed by atoms with Gasteiger partial charge in [-0.3, -0.25) is 10.1 Å². The van der Waals surface area contributed by atoms with Crippen LogP contribution in [0.2, 0.25) is 0 Å². The first kappa shape index (κ1) is 15.4. The van der Waals surface area contributed by atoms with Gasteiger partial charge in [0.25, 0.3) is 5.69 Å². The molecule has 1 N–H and O–H groups in total. The zero-order valence-corrected chi connectivity index (χ0v) is 11.7. The number of carbonyl (C=O) groups is 1. The Hall–Kier alpha value is -2.94. The van der Waals surface area contributed by atoms with Crippen LogP contribution in [-0.4, -0.2) is 24.4 Å². The largest absolute Gasteiger partial charge is 0.478 e. The molecule has 114 valence electrons. The van der Waals surface area contributed by atoms with Crippen LogP contribution in [0.25, 0.3) is 0 Å². The highest BCUT2D eigenvalue weighted by atomic mass is 32.2. The molecular formula is C13H9NO7S. The molecule has 9 heteroatoms. The third-order valence-corrected chi connectivity index (χ3v) is 3.85. The van der Waals surface area contributed by atoms with Crippen LogP contribution in [0, 0.1) is 10.1 Å². The van der Waals surface area contributed by atoms with Crippen molar-refractivity contribution in [2.75, 3.05) is 0 Å². The number of carboxylic acids is 1. The number of rotatable bonds is 5. The summed E-state index contributed by atoms with van der Waals surface area (Å²) in [5.41, 5.74) is -0.546. The van der Waals surface area contributed by atoms with E-state index in [1.54, 1.807) is 0 Å². The van der Waals surface area contributed by atoms with Gasteiger partial charge in [0.1, 0.15) is 10.6 Å². The van der Waals surface area contributed by atoms with Gasteiger partial charge >= 0.3 is 16.1 Å². The summed E-state index contributed by atoms with van der Waals surface area (Å²) in [7, 11) is -4.31. The van der Waals surface area contributed by atoms with Crippen LogP contribution >= 0.6 is 0 Å². The minimum Gasteiger partial charge on any atom is -0.478 e. The number of hydrogen-bond donors (Lipinski definition) is 1. The summed E-state index contributed by atoms with van der Waals surface area (Å²) >= 11 is 0. The average Bonchev–Trinajstić information content (AvgIpc) is 2.47. The van der Waals surface area contributed by atoms with Crippen molar-refractivity contribution in [1.29, 1.82) is 0 Å². The van der Waals surface area contributed by atoms with E-state index in [0.29, 0.717) is 0 Å². The van der Waals surface area contributed by atoms with E-state index >= 15 is 0 Å². The maximum absolute atomic E-state index is 12.1. The lowest BCUT2D eigenvalue weighted by atomic mass is 10.2. The smallest absolute Gasteiger partial charge is 0.339 e. The van der Waals surface area contributed by atoms with Crippen molar-refractivity contribution in [2.24, 2.45) is 0 Å². The second-order valence-corrected chi connectivity index (χ2v) is 5.67. The highest BCUT2D eigenvalue weighted by Gasteiger charge is 2.20. The zero-order chi connectivity index (χ0) is 16.3. The predicted molar refractivity (Wildman–Crippen MR) is 74.3 cm³/mol. The Morgan fingerprint density at radius 2 is 1.82 bits per heavy atom. The van der Waals surface area contributed by atoms with Crippen LogP contribution in [0.15, 0.2) is 53.4 Å². The Morgan fingerprint density at radius 1 is 1.14 bits per heavy atom. The molecule has 0 aromatic heterocycles. The van der Waals surface area contributed by atoms with Crippen LogP contribution in [-0.2, 0) is 10.1 Å². The van der Waals surface area contributed by atoms with E-state index in [0.717, 1.165) is 24.3 Å². The number of nitrogens with zero attached hydrogens (tertiary/aromatic N) is 1. The number of non-ortho nitro benzene ring substituents is 1. The second-order valence-electron chi connectivity index (χ2n) is 4.12. The van der Waals surface area contributed by atoms with Gasteiger partial charge in [0.05, 0.1) is 10.5 Å². The van der Waals surface area contributed by atoms with E-state index in [4.69, 9.17) is 9.29 Å². The van der Waals surface area contributed by atoms with Crippen LogP contribution in [0.5, 0.6) is 5.75 Å². The summed E-state index contributed by atoms with van der Waals surface area (Å²) in [6.07, 6.45) is 0. The van der Waals surface area contributed by atoms with Crippen molar-refractivity contribution >= 4 is 21.8 Å². The van der Waals surface area contributed by atoms with Crippen LogP contribution in [0.1, 0.15) is 10.4 Å². The van der Waals surface area contributed by atoms with Crippen LogP contribution in [0.4, 0.5) is 5.69 Å². The first-order valence-electron chi connectivity index (χ1n) is 5.82. The first-order chi connectivity index (χ1) is 10.3. The van der Waals surface area contributed by atoms with Gasteiger partial charge in [-0.2, -0.15) is 8.42 Å². The molecule has 0 fully saturated rings. The topological polar surface area (TPSA) is 124 Å². The summed E-state index contributed by atoms with van der Waals surface area (Å²) in [4.78, 5) is 20.4.